The molecular weight excluding hydrogens is 274 g/mol. The standard InChI is InChI=1S/C17H37N5/c1-20(14-6-18-8-16-21-10-2-3-11-21)15-7-19-9-17-22-12-4-5-13-22/h18-19H,2-17H2,1H3. The average Bonchev–Trinajstić information content (AvgIpc) is 3.19. The Labute approximate surface area is 137 Å². The molecule has 0 aliphatic carbocycles. The average molecular weight is 312 g/mol. The molecule has 2 fully saturated rings. The van der Waals surface area contributed by atoms with E-state index in [0.717, 1.165) is 39.3 Å². The number of hydrogen-bond acceptors (Lipinski definition) is 5. The summed E-state index contributed by atoms with van der Waals surface area (Å²) in [6.45, 7) is 14.5. The Morgan fingerprint density at radius 1 is 0.682 bits per heavy atom. The molecule has 22 heavy (non-hydrogen) atoms. The first-order valence-electron chi connectivity index (χ1n) is 9.39. The zero-order chi connectivity index (χ0) is 15.5. The molecule has 2 aliphatic rings. The van der Waals surface area contributed by atoms with Crippen LogP contribution in [-0.2, 0) is 0 Å². The Bertz CT molecular complexity index is 236. The largest absolute Gasteiger partial charge is 0.314 e. The van der Waals surface area contributed by atoms with Crippen molar-refractivity contribution in [2.75, 3.05) is 85.6 Å². The highest BCUT2D eigenvalue weighted by Crippen LogP contribution is 2.05. The Morgan fingerprint density at radius 2 is 1.09 bits per heavy atom. The van der Waals surface area contributed by atoms with Gasteiger partial charge in [0.25, 0.3) is 0 Å². The Morgan fingerprint density at radius 3 is 1.50 bits per heavy atom. The van der Waals surface area contributed by atoms with E-state index in [2.05, 4.69) is 32.4 Å². The van der Waals surface area contributed by atoms with E-state index in [-0.39, 0.29) is 0 Å². The topological polar surface area (TPSA) is 33.8 Å². The molecule has 0 saturated carbocycles. The Hall–Kier alpha value is -0.200. The van der Waals surface area contributed by atoms with Crippen LogP contribution in [0.2, 0.25) is 0 Å². The normalized spacial score (nSPS) is 20.5. The van der Waals surface area contributed by atoms with Crippen molar-refractivity contribution in [1.82, 2.24) is 25.3 Å². The maximum Gasteiger partial charge on any atom is 0.0107 e. The Balaban J connectivity index is 1.32. The zero-order valence-electron chi connectivity index (χ0n) is 14.7. The maximum absolute atomic E-state index is 3.57. The van der Waals surface area contributed by atoms with Crippen LogP contribution in [0.4, 0.5) is 0 Å². The summed E-state index contributed by atoms with van der Waals surface area (Å²) in [6, 6.07) is 0. The molecule has 2 saturated heterocycles. The zero-order valence-corrected chi connectivity index (χ0v) is 14.7. The van der Waals surface area contributed by atoms with E-state index in [1.165, 1.54) is 65.0 Å². The second kappa shape index (κ2) is 11.4. The van der Waals surface area contributed by atoms with Crippen molar-refractivity contribution in [2.24, 2.45) is 0 Å². The molecule has 0 atom stereocenters. The third-order valence-corrected chi connectivity index (χ3v) is 4.95. The summed E-state index contributed by atoms with van der Waals surface area (Å²) in [5.41, 5.74) is 0. The van der Waals surface area contributed by atoms with Crippen molar-refractivity contribution in [1.29, 1.82) is 0 Å². The van der Waals surface area contributed by atoms with E-state index in [0.29, 0.717) is 0 Å². The van der Waals surface area contributed by atoms with Gasteiger partial charge in [-0.2, -0.15) is 0 Å². The minimum atomic E-state index is 1.11. The van der Waals surface area contributed by atoms with Gasteiger partial charge in [-0.05, 0) is 58.9 Å². The first kappa shape index (κ1) is 18.1. The third kappa shape index (κ3) is 7.88. The fraction of sp³-hybridized carbons (Fsp3) is 1.00. The number of likely N-dealkylation sites (tertiary alicyclic amines) is 2. The summed E-state index contributed by atoms with van der Waals surface area (Å²) in [6.07, 6.45) is 5.59. The van der Waals surface area contributed by atoms with Crippen molar-refractivity contribution in [2.45, 2.75) is 25.7 Å². The highest BCUT2D eigenvalue weighted by Gasteiger charge is 2.10. The summed E-state index contributed by atoms with van der Waals surface area (Å²) < 4.78 is 0. The predicted octanol–water partition coefficient (Wildman–Crippen LogP) is 0.289. The lowest BCUT2D eigenvalue weighted by molar-refractivity contribution is 0.303. The van der Waals surface area contributed by atoms with E-state index in [4.69, 9.17) is 0 Å². The molecule has 130 valence electrons. The summed E-state index contributed by atoms with van der Waals surface area (Å²) >= 11 is 0. The van der Waals surface area contributed by atoms with Gasteiger partial charge < -0.3 is 25.3 Å². The van der Waals surface area contributed by atoms with Crippen molar-refractivity contribution >= 4 is 0 Å². The molecule has 0 amide bonds. The van der Waals surface area contributed by atoms with Crippen LogP contribution in [0.3, 0.4) is 0 Å². The van der Waals surface area contributed by atoms with E-state index in [1.54, 1.807) is 0 Å². The smallest absolute Gasteiger partial charge is 0.0107 e. The fourth-order valence-corrected chi connectivity index (χ4v) is 3.39. The minimum Gasteiger partial charge on any atom is -0.314 e. The fourth-order valence-electron chi connectivity index (χ4n) is 3.39. The molecule has 0 bridgehead atoms. The van der Waals surface area contributed by atoms with Crippen LogP contribution in [0.5, 0.6) is 0 Å². The SMILES string of the molecule is CN(CCNCCN1CCCC1)CCNCCN1CCCC1. The number of nitrogens with zero attached hydrogens (tertiary/aromatic N) is 3. The van der Waals surface area contributed by atoms with Crippen molar-refractivity contribution in [3.8, 4) is 0 Å². The van der Waals surface area contributed by atoms with Crippen LogP contribution < -0.4 is 10.6 Å². The van der Waals surface area contributed by atoms with E-state index in [9.17, 15) is 0 Å². The minimum absolute atomic E-state index is 1.11. The third-order valence-electron chi connectivity index (χ3n) is 4.95. The van der Waals surface area contributed by atoms with Crippen molar-refractivity contribution in [3.63, 3.8) is 0 Å². The molecule has 0 aromatic rings. The van der Waals surface area contributed by atoms with Crippen molar-refractivity contribution < 1.29 is 0 Å². The van der Waals surface area contributed by atoms with Gasteiger partial charge in [0, 0.05) is 52.4 Å². The lowest BCUT2D eigenvalue weighted by Gasteiger charge is -2.19. The van der Waals surface area contributed by atoms with Gasteiger partial charge in [-0.15, -0.1) is 0 Å². The van der Waals surface area contributed by atoms with Gasteiger partial charge in [0.15, 0.2) is 0 Å². The van der Waals surface area contributed by atoms with Crippen LogP contribution in [0, 0.1) is 0 Å². The lowest BCUT2D eigenvalue weighted by Crippen LogP contribution is -2.38. The number of nitrogens with one attached hydrogen (secondary N) is 2. The van der Waals surface area contributed by atoms with E-state index >= 15 is 0 Å². The number of hydrogen-bond donors (Lipinski definition) is 2. The Kier molecular flexibility index (Phi) is 9.36. The van der Waals surface area contributed by atoms with Crippen LogP contribution in [0.25, 0.3) is 0 Å². The van der Waals surface area contributed by atoms with E-state index in [1.807, 2.05) is 0 Å². The first-order valence-corrected chi connectivity index (χ1v) is 9.39. The van der Waals surface area contributed by atoms with Crippen molar-refractivity contribution in [3.05, 3.63) is 0 Å². The molecule has 5 nitrogen and oxygen atoms in total. The van der Waals surface area contributed by atoms with Gasteiger partial charge in [0.2, 0.25) is 0 Å². The lowest BCUT2D eigenvalue weighted by atomic mass is 10.4. The summed E-state index contributed by atoms with van der Waals surface area (Å²) in [5.74, 6) is 0. The van der Waals surface area contributed by atoms with Gasteiger partial charge in [0.05, 0.1) is 0 Å². The molecule has 0 spiro atoms. The molecule has 0 unspecified atom stereocenters. The second-order valence-corrected chi connectivity index (χ2v) is 6.90. The highest BCUT2D eigenvalue weighted by molar-refractivity contribution is 4.68. The molecule has 2 rings (SSSR count). The molecule has 2 aliphatic heterocycles. The molecule has 2 N–H and O–H groups in total. The van der Waals surface area contributed by atoms with Gasteiger partial charge in [-0.3, -0.25) is 0 Å². The quantitative estimate of drug-likeness (QED) is 0.506. The van der Waals surface area contributed by atoms with Gasteiger partial charge >= 0.3 is 0 Å². The molecule has 2 heterocycles. The van der Waals surface area contributed by atoms with Crippen LogP contribution >= 0.6 is 0 Å². The molecule has 0 radical (unpaired) electrons. The molecular formula is C17H37N5. The monoisotopic (exact) mass is 311 g/mol. The molecule has 0 aromatic carbocycles. The van der Waals surface area contributed by atoms with Gasteiger partial charge in [-0.25, -0.2) is 0 Å². The van der Waals surface area contributed by atoms with Crippen LogP contribution in [-0.4, -0.2) is 100 Å². The highest BCUT2D eigenvalue weighted by atomic mass is 15.2. The van der Waals surface area contributed by atoms with Crippen LogP contribution in [0.15, 0.2) is 0 Å². The van der Waals surface area contributed by atoms with Gasteiger partial charge in [-0.1, -0.05) is 0 Å². The summed E-state index contributed by atoms with van der Waals surface area (Å²) in [5, 5.41) is 7.14. The van der Waals surface area contributed by atoms with Crippen LogP contribution in [0.1, 0.15) is 25.7 Å². The molecule has 0 aromatic heterocycles. The predicted molar refractivity (Wildman–Crippen MR) is 94.6 cm³/mol. The number of rotatable bonds is 12. The van der Waals surface area contributed by atoms with E-state index < -0.39 is 0 Å². The second-order valence-electron chi connectivity index (χ2n) is 6.90. The first-order chi connectivity index (χ1) is 10.8. The molecule has 5 heteroatoms. The summed E-state index contributed by atoms with van der Waals surface area (Å²) in [7, 11) is 2.23. The number of likely N-dealkylation sites (N-methyl/N-ethyl adjacent to an activating group) is 1. The maximum atomic E-state index is 3.57. The summed E-state index contributed by atoms with van der Waals surface area (Å²) in [4.78, 5) is 7.56. The van der Waals surface area contributed by atoms with Gasteiger partial charge in [0.1, 0.15) is 0 Å².